The standard InChI is InChI=1S/C20H21N3O6/c1-13(2)11-21-19(25)16-5-3-4-6-17(16)22-18(24)12-29-20(26)14-7-9-15(10-8-14)23(27)28/h3-10,13H,11-12H2,1-2H3,(H,21,25)(H,22,24). The monoisotopic (exact) mass is 399 g/mol. The fourth-order valence-electron chi connectivity index (χ4n) is 2.30. The van der Waals surface area contributed by atoms with Gasteiger partial charge >= 0.3 is 5.97 Å². The third-order valence-electron chi connectivity index (χ3n) is 3.76. The third-order valence-corrected chi connectivity index (χ3v) is 3.76. The highest BCUT2D eigenvalue weighted by Gasteiger charge is 2.15. The zero-order valence-electron chi connectivity index (χ0n) is 16.0. The minimum atomic E-state index is -0.794. The van der Waals surface area contributed by atoms with E-state index < -0.39 is 23.4 Å². The fourth-order valence-corrected chi connectivity index (χ4v) is 2.30. The van der Waals surface area contributed by atoms with Crippen molar-refractivity contribution in [1.29, 1.82) is 0 Å². The molecule has 2 aromatic carbocycles. The highest BCUT2D eigenvalue weighted by molar-refractivity contribution is 6.04. The number of nitrogens with one attached hydrogen (secondary N) is 2. The number of carbonyl (C=O) groups excluding carboxylic acids is 3. The molecule has 2 rings (SSSR count). The van der Waals surface area contributed by atoms with E-state index in [1.807, 2.05) is 13.8 Å². The van der Waals surface area contributed by atoms with Crippen molar-refractivity contribution in [2.45, 2.75) is 13.8 Å². The van der Waals surface area contributed by atoms with Gasteiger partial charge in [-0.05, 0) is 30.2 Å². The molecule has 9 heteroatoms. The number of nitro benzene ring substituents is 1. The maximum Gasteiger partial charge on any atom is 0.338 e. The number of amides is 2. The number of anilines is 1. The van der Waals surface area contributed by atoms with Gasteiger partial charge in [-0.15, -0.1) is 0 Å². The molecule has 2 N–H and O–H groups in total. The Balaban J connectivity index is 1.94. The van der Waals surface area contributed by atoms with Crippen LogP contribution in [0.3, 0.4) is 0 Å². The van der Waals surface area contributed by atoms with Crippen LogP contribution >= 0.6 is 0 Å². The van der Waals surface area contributed by atoms with Gasteiger partial charge in [0.25, 0.3) is 17.5 Å². The van der Waals surface area contributed by atoms with Crippen LogP contribution in [0.25, 0.3) is 0 Å². The average Bonchev–Trinajstić information content (AvgIpc) is 2.70. The molecular weight excluding hydrogens is 378 g/mol. The number of non-ortho nitro benzene ring substituents is 1. The van der Waals surface area contributed by atoms with Crippen molar-refractivity contribution in [2.24, 2.45) is 5.92 Å². The normalized spacial score (nSPS) is 10.3. The lowest BCUT2D eigenvalue weighted by Crippen LogP contribution is -2.29. The summed E-state index contributed by atoms with van der Waals surface area (Å²) in [7, 11) is 0. The van der Waals surface area contributed by atoms with Crippen molar-refractivity contribution in [3.8, 4) is 0 Å². The van der Waals surface area contributed by atoms with Crippen LogP contribution < -0.4 is 10.6 Å². The number of nitro groups is 1. The molecule has 0 spiro atoms. The van der Waals surface area contributed by atoms with Crippen molar-refractivity contribution in [1.82, 2.24) is 5.32 Å². The number of carbonyl (C=O) groups is 3. The Bertz CT molecular complexity index is 909. The number of hydrogen-bond donors (Lipinski definition) is 2. The quantitative estimate of drug-likeness (QED) is 0.399. The first-order chi connectivity index (χ1) is 13.8. The highest BCUT2D eigenvalue weighted by Crippen LogP contribution is 2.16. The molecule has 0 bridgehead atoms. The minimum Gasteiger partial charge on any atom is -0.452 e. The van der Waals surface area contributed by atoms with Crippen LogP contribution in [0.1, 0.15) is 34.6 Å². The van der Waals surface area contributed by atoms with Gasteiger partial charge in [0.05, 0.1) is 21.7 Å². The summed E-state index contributed by atoms with van der Waals surface area (Å²) in [6.45, 7) is 3.85. The van der Waals surface area contributed by atoms with Gasteiger partial charge < -0.3 is 15.4 Å². The molecule has 0 radical (unpaired) electrons. The van der Waals surface area contributed by atoms with Crippen LogP contribution in [0.5, 0.6) is 0 Å². The zero-order chi connectivity index (χ0) is 21.4. The molecule has 0 atom stereocenters. The van der Waals surface area contributed by atoms with Gasteiger partial charge in [-0.3, -0.25) is 19.7 Å². The topological polar surface area (TPSA) is 128 Å². The van der Waals surface area contributed by atoms with Gasteiger partial charge in [0, 0.05) is 18.7 Å². The largest absolute Gasteiger partial charge is 0.452 e. The first kappa shape index (κ1) is 21.5. The smallest absolute Gasteiger partial charge is 0.338 e. The van der Waals surface area contributed by atoms with Gasteiger partial charge in [-0.1, -0.05) is 26.0 Å². The number of ether oxygens (including phenoxy) is 1. The summed E-state index contributed by atoms with van der Waals surface area (Å²) in [5.41, 5.74) is 0.511. The number of nitrogens with zero attached hydrogens (tertiary/aromatic N) is 1. The molecule has 29 heavy (non-hydrogen) atoms. The first-order valence-electron chi connectivity index (χ1n) is 8.86. The van der Waals surface area contributed by atoms with Crippen molar-refractivity contribution in [3.63, 3.8) is 0 Å². The second-order valence-electron chi connectivity index (χ2n) is 6.58. The Hall–Kier alpha value is -3.75. The van der Waals surface area contributed by atoms with Gasteiger partial charge in [0.1, 0.15) is 0 Å². The molecule has 0 saturated heterocycles. The summed E-state index contributed by atoms with van der Waals surface area (Å²) in [5, 5.41) is 15.9. The van der Waals surface area contributed by atoms with Gasteiger partial charge in [-0.25, -0.2) is 4.79 Å². The van der Waals surface area contributed by atoms with Crippen LogP contribution in [-0.4, -0.2) is 35.9 Å². The number of rotatable bonds is 8. The zero-order valence-corrected chi connectivity index (χ0v) is 16.0. The Morgan fingerprint density at radius 1 is 1.07 bits per heavy atom. The predicted molar refractivity (Wildman–Crippen MR) is 106 cm³/mol. The number of benzene rings is 2. The average molecular weight is 399 g/mol. The molecule has 0 aromatic heterocycles. The summed E-state index contributed by atoms with van der Waals surface area (Å²) >= 11 is 0. The SMILES string of the molecule is CC(C)CNC(=O)c1ccccc1NC(=O)COC(=O)c1ccc([N+](=O)[O-])cc1. The fraction of sp³-hybridized carbons (Fsp3) is 0.250. The molecule has 2 aromatic rings. The molecule has 0 saturated carbocycles. The van der Waals surface area contributed by atoms with Crippen LogP contribution in [0.4, 0.5) is 11.4 Å². The molecule has 152 valence electrons. The maximum absolute atomic E-state index is 12.3. The maximum atomic E-state index is 12.3. The molecule has 0 fully saturated rings. The highest BCUT2D eigenvalue weighted by atomic mass is 16.6. The molecule has 0 unspecified atom stereocenters. The van der Waals surface area contributed by atoms with Crippen LogP contribution in [0, 0.1) is 16.0 Å². The third kappa shape index (κ3) is 6.42. The van der Waals surface area contributed by atoms with Gasteiger partial charge in [0.15, 0.2) is 6.61 Å². The van der Waals surface area contributed by atoms with E-state index in [0.29, 0.717) is 17.8 Å². The Labute approximate surface area is 167 Å². The van der Waals surface area contributed by atoms with E-state index >= 15 is 0 Å². The van der Waals surface area contributed by atoms with Gasteiger partial charge in [0.2, 0.25) is 0 Å². The summed E-state index contributed by atoms with van der Waals surface area (Å²) in [5.74, 6) is -1.46. The number of esters is 1. The molecule has 0 heterocycles. The first-order valence-corrected chi connectivity index (χ1v) is 8.86. The van der Waals surface area contributed by atoms with E-state index in [4.69, 9.17) is 4.74 Å². The Morgan fingerprint density at radius 3 is 2.34 bits per heavy atom. The van der Waals surface area contributed by atoms with E-state index in [9.17, 15) is 24.5 Å². The van der Waals surface area contributed by atoms with E-state index in [2.05, 4.69) is 10.6 Å². The Kier molecular flexibility index (Phi) is 7.41. The summed E-state index contributed by atoms with van der Waals surface area (Å²) in [4.78, 5) is 46.4. The summed E-state index contributed by atoms with van der Waals surface area (Å²) in [6, 6.07) is 11.3. The molecule has 9 nitrogen and oxygen atoms in total. The van der Waals surface area contributed by atoms with Crippen LogP contribution in [-0.2, 0) is 9.53 Å². The lowest BCUT2D eigenvalue weighted by Gasteiger charge is -2.12. The molecular formula is C20H21N3O6. The van der Waals surface area contributed by atoms with Crippen LogP contribution in [0.2, 0.25) is 0 Å². The van der Waals surface area contributed by atoms with E-state index in [1.54, 1.807) is 24.3 Å². The number of para-hydroxylation sites is 1. The van der Waals surface area contributed by atoms with E-state index in [1.165, 1.54) is 24.3 Å². The summed E-state index contributed by atoms with van der Waals surface area (Å²) < 4.78 is 4.92. The Morgan fingerprint density at radius 2 is 1.72 bits per heavy atom. The summed E-state index contributed by atoms with van der Waals surface area (Å²) in [6.07, 6.45) is 0. The van der Waals surface area contributed by atoms with Crippen molar-refractivity contribution in [2.75, 3.05) is 18.5 Å². The molecule has 0 aliphatic heterocycles. The van der Waals surface area contributed by atoms with Gasteiger partial charge in [-0.2, -0.15) is 0 Å². The predicted octanol–water partition coefficient (Wildman–Crippen LogP) is 2.78. The molecule has 2 amide bonds. The molecule has 0 aliphatic rings. The second-order valence-corrected chi connectivity index (χ2v) is 6.58. The van der Waals surface area contributed by atoms with Crippen molar-refractivity contribution < 1.29 is 24.0 Å². The van der Waals surface area contributed by atoms with E-state index in [-0.39, 0.29) is 23.1 Å². The number of hydrogen-bond acceptors (Lipinski definition) is 6. The van der Waals surface area contributed by atoms with Crippen LogP contribution in [0.15, 0.2) is 48.5 Å². The van der Waals surface area contributed by atoms with E-state index in [0.717, 1.165) is 0 Å². The lowest BCUT2D eigenvalue weighted by atomic mass is 10.1. The minimum absolute atomic E-state index is 0.0804. The molecule has 0 aliphatic carbocycles. The second kappa shape index (κ2) is 9.98. The van der Waals surface area contributed by atoms with Crippen molar-refractivity contribution in [3.05, 3.63) is 69.8 Å². The lowest BCUT2D eigenvalue weighted by molar-refractivity contribution is -0.384. The van der Waals surface area contributed by atoms with Crippen molar-refractivity contribution >= 4 is 29.2 Å².